The Labute approximate surface area is 112 Å². The first-order chi connectivity index (χ1) is 9.41. The lowest BCUT2D eigenvalue weighted by atomic mass is 10.1. The second-order valence-corrected chi connectivity index (χ2v) is 4.06. The number of carboxylic acid groups (broad SMARTS) is 2. The molecule has 0 saturated carbocycles. The van der Waals surface area contributed by atoms with Gasteiger partial charge in [-0.1, -0.05) is 17.3 Å². The second-order valence-electron chi connectivity index (χ2n) is 4.06. The number of carbonyl (C=O) groups is 2. The maximum Gasteiger partial charge on any atom is 0.358 e. The van der Waals surface area contributed by atoms with Gasteiger partial charge in [-0.3, -0.25) is 0 Å². The van der Waals surface area contributed by atoms with E-state index in [2.05, 4.69) is 10.3 Å². The first kappa shape index (κ1) is 13.7. The van der Waals surface area contributed by atoms with Gasteiger partial charge in [0.25, 0.3) is 0 Å². The molecule has 1 aromatic carbocycles. The highest BCUT2D eigenvalue weighted by atomic mass is 19.1. The van der Waals surface area contributed by atoms with Gasteiger partial charge in [-0.05, 0) is 19.1 Å². The van der Waals surface area contributed by atoms with Crippen LogP contribution in [0.4, 0.5) is 4.39 Å². The van der Waals surface area contributed by atoms with Gasteiger partial charge in [-0.25, -0.2) is 18.7 Å². The Morgan fingerprint density at radius 2 is 2.05 bits per heavy atom. The fourth-order valence-electron chi connectivity index (χ4n) is 1.72. The lowest BCUT2D eigenvalue weighted by molar-refractivity contribution is -0.140. The van der Waals surface area contributed by atoms with Crippen LogP contribution in [0.2, 0.25) is 0 Å². The van der Waals surface area contributed by atoms with Gasteiger partial charge in [0, 0.05) is 5.56 Å². The van der Waals surface area contributed by atoms with Gasteiger partial charge in [0.05, 0.1) is 0 Å². The summed E-state index contributed by atoms with van der Waals surface area (Å²) in [7, 11) is 0. The summed E-state index contributed by atoms with van der Waals surface area (Å²) in [5.41, 5.74) is -0.281. The van der Waals surface area contributed by atoms with Crippen LogP contribution in [-0.4, -0.2) is 37.1 Å². The van der Waals surface area contributed by atoms with Gasteiger partial charge >= 0.3 is 11.9 Å². The Balaban J connectivity index is 2.67. The Kier molecular flexibility index (Phi) is 3.47. The number of benzene rings is 1. The summed E-state index contributed by atoms with van der Waals surface area (Å²) in [5, 5.41) is 25.1. The first-order valence-electron chi connectivity index (χ1n) is 5.59. The molecule has 2 N–H and O–H groups in total. The predicted octanol–water partition coefficient (Wildman–Crippen LogP) is 1.43. The zero-order valence-electron chi connectivity index (χ0n) is 10.3. The topological polar surface area (TPSA) is 105 Å². The molecule has 0 amide bonds. The Hall–Kier alpha value is -2.77. The number of aromatic nitrogens is 3. The molecule has 104 valence electrons. The zero-order chi connectivity index (χ0) is 14.9. The standard InChI is InChI=1S/C12H10FN3O4/c1-6(11(17)18)16-10(9(12(19)20)14-15-16)7-3-2-4-8(13)5-7/h2-6H,1H3,(H,17,18)(H,19,20). The van der Waals surface area contributed by atoms with Crippen LogP contribution in [0.1, 0.15) is 23.5 Å². The third kappa shape index (κ3) is 2.35. The van der Waals surface area contributed by atoms with E-state index in [-0.39, 0.29) is 11.3 Å². The highest BCUT2D eigenvalue weighted by molar-refractivity contribution is 5.93. The lowest BCUT2D eigenvalue weighted by Gasteiger charge is -2.11. The van der Waals surface area contributed by atoms with Crippen molar-refractivity contribution in [1.29, 1.82) is 0 Å². The molecule has 0 bridgehead atoms. The van der Waals surface area contributed by atoms with Crippen LogP contribution >= 0.6 is 0 Å². The van der Waals surface area contributed by atoms with Gasteiger partial charge in [0.15, 0.2) is 5.69 Å². The van der Waals surface area contributed by atoms with Crippen molar-refractivity contribution in [3.8, 4) is 11.3 Å². The molecular weight excluding hydrogens is 269 g/mol. The molecule has 1 atom stereocenters. The summed E-state index contributed by atoms with van der Waals surface area (Å²) in [5.74, 6) is -3.15. The minimum atomic E-state index is -1.37. The Morgan fingerprint density at radius 1 is 1.35 bits per heavy atom. The molecule has 0 aliphatic carbocycles. The van der Waals surface area contributed by atoms with Crippen molar-refractivity contribution in [3.63, 3.8) is 0 Å². The number of nitrogens with zero attached hydrogens (tertiary/aromatic N) is 3. The summed E-state index contributed by atoms with van der Waals surface area (Å²) >= 11 is 0. The molecule has 0 aliphatic heterocycles. The third-order valence-corrected chi connectivity index (χ3v) is 2.72. The fourth-order valence-corrected chi connectivity index (χ4v) is 1.72. The van der Waals surface area contributed by atoms with Crippen molar-refractivity contribution in [2.75, 3.05) is 0 Å². The van der Waals surface area contributed by atoms with E-state index in [0.717, 1.165) is 10.7 Å². The maximum atomic E-state index is 13.3. The maximum absolute atomic E-state index is 13.3. The van der Waals surface area contributed by atoms with Gasteiger partial charge < -0.3 is 10.2 Å². The summed E-state index contributed by atoms with van der Waals surface area (Å²) in [6.45, 7) is 1.32. The predicted molar refractivity (Wildman–Crippen MR) is 64.7 cm³/mol. The second kappa shape index (κ2) is 5.08. The summed E-state index contributed by atoms with van der Waals surface area (Å²) in [6.07, 6.45) is 0. The zero-order valence-corrected chi connectivity index (χ0v) is 10.3. The van der Waals surface area contributed by atoms with E-state index >= 15 is 0 Å². The van der Waals surface area contributed by atoms with E-state index in [4.69, 9.17) is 10.2 Å². The largest absolute Gasteiger partial charge is 0.480 e. The molecule has 0 fully saturated rings. The van der Waals surface area contributed by atoms with Crippen LogP contribution in [0.5, 0.6) is 0 Å². The van der Waals surface area contributed by atoms with Crippen LogP contribution in [0, 0.1) is 5.82 Å². The van der Waals surface area contributed by atoms with Gasteiger partial charge in [0.1, 0.15) is 17.6 Å². The first-order valence-corrected chi connectivity index (χ1v) is 5.59. The lowest BCUT2D eigenvalue weighted by Crippen LogP contribution is -2.18. The van der Waals surface area contributed by atoms with E-state index in [9.17, 15) is 14.0 Å². The molecule has 1 heterocycles. The van der Waals surface area contributed by atoms with Crippen molar-refractivity contribution in [2.45, 2.75) is 13.0 Å². The molecule has 2 aromatic rings. The van der Waals surface area contributed by atoms with Crippen molar-refractivity contribution in [2.24, 2.45) is 0 Å². The van der Waals surface area contributed by atoms with Crippen LogP contribution in [0.25, 0.3) is 11.3 Å². The van der Waals surface area contributed by atoms with Gasteiger partial charge in [-0.2, -0.15) is 0 Å². The highest BCUT2D eigenvalue weighted by Crippen LogP contribution is 2.25. The molecule has 1 unspecified atom stereocenters. The van der Waals surface area contributed by atoms with E-state index in [1.807, 2.05) is 0 Å². The van der Waals surface area contributed by atoms with E-state index in [1.54, 1.807) is 0 Å². The van der Waals surface area contributed by atoms with E-state index in [1.165, 1.54) is 25.1 Å². The molecule has 0 aliphatic rings. The summed E-state index contributed by atoms with van der Waals surface area (Å²) in [6, 6.07) is 4.00. The number of halogens is 1. The Morgan fingerprint density at radius 3 is 2.60 bits per heavy atom. The minimum Gasteiger partial charge on any atom is -0.480 e. The summed E-state index contributed by atoms with van der Waals surface area (Å²) in [4.78, 5) is 22.1. The minimum absolute atomic E-state index is 0.0492. The molecule has 0 radical (unpaired) electrons. The van der Waals surface area contributed by atoms with Crippen LogP contribution < -0.4 is 0 Å². The average molecular weight is 279 g/mol. The van der Waals surface area contributed by atoms with Crippen molar-refractivity contribution in [3.05, 3.63) is 35.8 Å². The van der Waals surface area contributed by atoms with Crippen molar-refractivity contribution < 1.29 is 24.2 Å². The van der Waals surface area contributed by atoms with E-state index in [0.29, 0.717) is 0 Å². The number of rotatable bonds is 4. The molecule has 20 heavy (non-hydrogen) atoms. The third-order valence-electron chi connectivity index (χ3n) is 2.72. The highest BCUT2D eigenvalue weighted by Gasteiger charge is 2.26. The normalized spacial score (nSPS) is 12.1. The number of aromatic carboxylic acids is 1. The number of carboxylic acids is 2. The van der Waals surface area contributed by atoms with E-state index < -0.39 is 29.5 Å². The monoisotopic (exact) mass is 279 g/mol. The number of aliphatic carboxylic acids is 1. The van der Waals surface area contributed by atoms with Crippen LogP contribution in [0.15, 0.2) is 24.3 Å². The fraction of sp³-hybridized carbons (Fsp3) is 0.167. The molecule has 7 nitrogen and oxygen atoms in total. The van der Waals surface area contributed by atoms with Crippen molar-refractivity contribution in [1.82, 2.24) is 15.0 Å². The SMILES string of the molecule is CC(C(=O)O)n1nnc(C(=O)O)c1-c1cccc(F)c1. The molecular formula is C12H10FN3O4. The van der Waals surface area contributed by atoms with Crippen LogP contribution in [-0.2, 0) is 4.79 Å². The van der Waals surface area contributed by atoms with Crippen molar-refractivity contribution >= 4 is 11.9 Å². The number of hydrogen-bond donors (Lipinski definition) is 2. The Bertz CT molecular complexity index is 683. The molecule has 0 spiro atoms. The summed E-state index contributed by atoms with van der Waals surface area (Å²) < 4.78 is 14.2. The van der Waals surface area contributed by atoms with Gasteiger partial charge in [-0.15, -0.1) is 5.10 Å². The number of hydrogen-bond acceptors (Lipinski definition) is 4. The van der Waals surface area contributed by atoms with Crippen LogP contribution in [0.3, 0.4) is 0 Å². The molecule has 2 rings (SSSR count). The molecule has 8 heteroatoms. The average Bonchev–Trinajstić information content (AvgIpc) is 2.82. The smallest absolute Gasteiger partial charge is 0.358 e. The molecule has 0 saturated heterocycles. The van der Waals surface area contributed by atoms with Gasteiger partial charge in [0.2, 0.25) is 0 Å². The molecule has 1 aromatic heterocycles. The quantitative estimate of drug-likeness (QED) is 0.877.